The van der Waals surface area contributed by atoms with Gasteiger partial charge in [0.25, 0.3) is 0 Å². The molecule has 0 saturated carbocycles. The van der Waals surface area contributed by atoms with Crippen LogP contribution < -0.4 is 0 Å². The van der Waals surface area contributed by atoms with Gasteiger partial charge in [-0.05, 0) is 44.8 Å². The summed E-state index contributed by atoms with van der Waals surface area (Å²) in [7, 11) is 1.72. The largest absolute Gasteiger partial charge is 0.444 e. The molecule has 4 nitrogen and oxygen atoms in total. The highest BCUT2D eigenvalue weighted by atomic mass is 32.1. The molecule has 0 aliphatic carbocycles. The van der Waals surface area contributed by atoms with E-state index in [9.17, 15) is 4.79 Å². The van der Waals surface area contributed by atoms with Crippen LogP contribution >= 0.6 is 11.5 Å². The van der Waals surface area contributed by atoms with Crippen molar-refractivity contribution >= 4 is 17.6 Å². The third-order valence-corrected chi connectivity index (χ3v) is 3.03. The van der Waals surface area contributed by atoms with Crippen LogP contribution in [0, 0.1) is 0 Å². The van der Waals surface area contributed by atoms with Crippen LogP contribution in [0.25, 0.3) is 0 Å². The van der Waals surface area contributed by atoms with Crippen molar-refractivity contribution in [2.75, 3.05) is 7.05 Å². The van der Waals surface area contributed by atoms with Gasteiger partial charge in [-0.1, -0.05) is 6.92 Å². The maximum Gasteiger partial charge on any atom is 0.410 e. The average Bonchev–Trinajstić information content (AvgIpc) is 2.62. The molecule has 0 saturated heterocycles. The molecule has 0 bridgehead atoms. The summed E-state index contributed by atoms with van der Waals surface area (Å²) in [6, 6.07) is 2.03. The first kappa shape index (κ1) is 14.0. The molecule has 1 rings (SSSR count). The number of aromatic nitrogens is 1. The van der Waals surface area contributed by atoms with Gasteiger partial charge in [0.1, 0.15) is 5.60 Å². The number of hydrogen-bond acceptors (Lipinski definition) is 4. The maximum atomic E-state index is 11.7. The quantitative estimate of drug-likeness (QED) is 0.834. The second-order valence-corrected chi connectivity index (χ2v) is 5.86. The van der Waals surface area contributed by atoms with Crippen LogP contribution in [0.4, 0.5) is 4.79 Å². The summed E-state index contributed by atoms with van der Waals surface area (Å²) >= 11 is 1.49. The van der Waals surface area contributed by atoms with E-state index in [0.29, 0.717) is 6.54 Å². The summed E-state index contributed by atoms with van der Waals surface area (Å²) in [6.07, 6.45) is 0.664. The van der Waals surface area contributed by atoms with Gasteiger partial charge in [-0.3, -0.25) is 0 Å². The van der Waals surface area contributed by atoms with E-state index in [1.54, 1.807) is 11.9 Å². The van der Waals surface area contributed by atoms with Crippen molar-refractivity contribution in [1.29, 1.82) is 0 Å². The number of aryl methyl sites for hydroxylation is 1. The van der Waals surface area contributed by atoms with E-state index in [1.165, 1.54) is 16.4 Å². The Labute approximate surface area is 107 Å². The molecule has 17 heavy (non-hydrogen) atoms. The van der Waals surface area contributed by atoms with Crippen LogP contribution in [-0.4, -0.2) is 28.0 Å². The fourth-order valence-corrected chi connectivity index (χ4v) is 1.91. The fraction of sp³-hybridized carbons (Fsp3) is 0.667. The third-order valence-electron chi connectivity index (χ3n) is 2.06. The monoisotopic (exact) mass is 256 g/mol. The van der Waals surface area contributed by atoms with Gasteiger partial charge in [0.2, 0.25) is 0 Å². The molecule has 0 fully saturated rings. The van der Waals surface area contributed by atoms with Gasteiger partial charge in [-0.15, -0.1) is 0 Å². The van der Waals surface area contributed by atoms with Gasteiger partial charge < -0.3 is 9.64 Å². The fourth-order valence-electron chi connectivity index (χ4n) is 1.24. The second kappa shape index (κ2) is 5.49. The number of hydrogen-bond donors (Lipinski definition) is 0. The van der Waals surface area contributed by atoms with Gasteiger partial charge in [0.05, 0.1) is 12.2 Å². The Bertz CT molecular complexity index is 382. The third kappa shape index (κ3) is 4.73. The predicted molar refractivity (Wildman–Crippen MR) is 69.2 cm³/mol. The minimum atomic E-state index is -0.456. The molecule has 5 heteroatoms. The van der Waals surface area contributed by atoms with Gasteiger partial charge in [0.15, 0.2) is 0 Å². The molecule has 1 aromatic rings. The van der Waals surface area contributed by atoms with E-state index < -0.39 is 5.60 Å². The minimum Gasteiger partial charge on any atom is -0.444 e. The lowest BCUT2D eigenvalue weighted by atomic mass is 10.2. The Hall–Kier alpha value is -1.10. The summed E-state index contributed by atoms with van der Waals surface area (Å²) in [5, 5.41) is 0. The molecule has 0 aromatic carbocycles. The molecule has 1 heterocycles. The Morgan fingerprint density at radius 1 is 1.53 bits per heavy atom. The first-order valence-corrected chi connectivity index (χ1v) is 6.47. The van der Waals surface area contributed by atoms with Gasteiger partial charge >= 0.3 is 6.09 Å². The van der Waals surface area contributed by atoms with Crippen LogP contribution in [0.3, 0.4) is 0 Å². The number of carbonyl (C=O) groups is 1. The SMILES string of the molecule is CCc1cc(CN(C)C(=O)OC(C)(C)C)ns1. The molecule has 0 atom stereocenters. The molecule has 0 N–H and O–H groups in total. The molecule has 96 valence electrons. The zero-order chi connectivity index (χ0) is 13.1. The first-order valence-electron chi connectivity index (χ1n) is 5.70. The van der Waals surface area contributed by atoms with E-state index in [-0.39, 0.29) is 6.09 Å². The van der Waals surface area contributed by atoms with Crippen molar-refractivity contribution in [1.82, 2.24) is 9.27 Å². The molecule has 0 spiro atoms. The Balaban J connectivity index is 2.54. The lowest BCUT2D eigenvalue weighted by Gasteiger charge is -2.24. The van der Waals surface area contributed by atoms with E-state index in [2.05, 4.69) is 11.3 Å². The lowest BCUT2D eigenvalue weighted by molar-refractivity contribution is 0.0283. The summed E-state index contributed by atoms with van der Waals surface area (Å²) in [5.41, 5.74) is 0.461. The molecular formula is C12H20N2O2S. The van der Waals surface area contributed by atoms with Gasteiger partial charge in [-0.2, -0.15) is 4.37 Å². The first-order chi connectivity index (χ1) is 7.81. The summed E-state index contributed by atoms with van der Waals surface area (Å²) < 4.78 is 9.57. The van der Waals surface area contributed by atoms with Crippen molar-refractivity contribution in [3.8, 4) is 0 Å². The van der Waals surface area contributed by atoms with Crippen LogP contribution in [0.5, 0.6) is 0 Å². The topological polar surface area (TPSA) is 42.4 Å². The van der Waals surface area contributed by atoms with E-state index in [4.69, 9.17) is 4.74 Å². The van der Waals surface area contributed by atoms with Crippen molar-refractivity contribution in [3.05, 3.63) is 16.6 Å². The summed E-state index contributed by atoms with van der Waals surface area (Å²) in [5.74, 6) is 0. The normalized spacial score (nSPS) is 11.4. The molecule has 0 aliphatic heterocycles. The highest BCUT2D eigenvalue weighted by molar-refractivity contribution is 7.05. The van der Waals surface area contributed by atoms with Gasteiger partial charge in [0, 0.05) is 11.9 Å². The lowest BCUT2D eigenvalue weighted by Crippen LogP contribution is -2.33. The highest BCUT2D eigenvalue weighted by Crippen LogP contribution is 2.14. The van der Waals surface area contributed by atoms with E-state index in [1.807, 2.05) is 26.8 Å². The zero-order valence-corrected chi connectivity index (χ0v) is 11.9. The number of rotatable bonds is 3. The standard InChI is InChI=1S/C12H20N2O2S/c1-6-10-7-9(13-17-10)8-14(5)11(15)16-12(2,3)4/h7H,6,8H2,1-5H3. The van der Waals surface area contributed by atoms with Crippen LogP contribution in [-0.2, 0) is 17.7 Å². The minimum absolute atomic E-state index is 0.316. The number of amides is 1. The Morgan fingerprint density at radius 3 is 2.65 bits per heavy atom. The molecule has 1 aromatic heterocycles. The van der Waals surface area contributed by atoms with Crippen LogP contribution in [0.15, 0.2) is 6.07 Å². The van der Waals surface area contributed by atoms with Gasteiger partial charge in [-0.25, -0.2) is 4.79 Å². The highest BCUT2D eigenvalue weighted by Gasteiger charge is 2.20. The number of ether oxygens (including phenoxy) is 1. The Kier molecular flexibility index (Phi) is 4.51. The van der Waals surface area contributed by atoms with Crippen molar-refractivity contribution in [3.63, 3.8) is 0 Å². The maximum absolute atomic E-state index is 11.7. The molecule has 0 unspecified atom stereocenters. The summed E-state index contributed by atoms with van der Waals surface area (Å²) in [6.45, 7) is 8.16. The van der Waals surface area contributed by atoms with Crippen LogP contribution in [0.1, 0.15) is 38.3 Å². The van der Waals surface area contributed by atoms with Crippen molar-refractivity contribution in [2.24, 2.45) is 0 Å². The molecule has 0 radical (unpaired) electrons. The molecule has 1 amide bonds. The van der Waals surface area contributed by atoms with Crippen molar-refractivity contribution < 1.29 is 9.53 Å². The number of carbonyl (C=O) groups excluding carboxylic acids is 1. The number of nitrogens with zero attached hydrogens (tertiary/aromatic N) is 2. The van der Waals surface area contributed by atoms with Crippen molar-refractivity contribution in [2.45, 2.75) is 46.3 Å². The molecule has 0 aliphatic rings. The average molecular weight is 256 g/mol. The van der Waals surface area contributed by atoms with Crippen LogP contribution in [0.2, 0.25) is 0 Å². The smallest absolute Gasteiger partial charge is 0.410 e. The predicted octanol–water partition coefficient (Wildman–Crippen LogP) is 3.07. The van der Waals surface area contributed by atoms with E-state index >= 15 is 0 Å². The zero-order valence-electron chi connectivity index (χ0n) is 11.1. The Morgan fingerprint density at radius 2 is 2.18 bits per heavy atom. The second-order valence-electron chi connectivity index (χ2n) is 4.97. The summed E-state index contributed by atoms with van der Waals surface area (Å²) in [4.78, 5) is 14.5. The van der Waals surface area contributed by atoms with E-state index in [0.717, 1.165) is 12.1 Å². The molecular weight excluding hydrogens is 236 g/mol.